The first-order chi connectivity index (χ1) is 19.0. The molecule has 0 saturated carbocycles. The molecule has 0 aliphatic carbocycles. The molecule has 0 unspecified atom stereocenters. The Hall–Kier alpha value is -2.58. The Labute approximate surface area is 242 Å². The summed E-state index contributed by atoms with van der Waals surface area (Å²) in [4.78, 5) is 47.2. The van der Waals surface area contributed by atoms with Gasteiger partial charge in [-0.05, 0) is 72.1 Å². The average molecular weight is 568 g/mol. The van der Waals surface area contributed by atoms with Crippen LogP contribution in [0.15, 0.2) is 12.2 Å². The lowest BCUT2D eigenvalue weighted by Gasteiger charge is -2.19. The van der Waals surface area contributed by atoms with E-state index in [1.807, 2.05) is 0 Å². The van der Waals surface area contributed by atoms with Gasteiger partial charge in [-0.2, -0.15) is 0 Å². The summed E-state index contributed by atoms with van der Waals surface area (Å²) in [7, 11) is 0. The third-order valence-electron chi connectivity index (χ3n) is 6.33. The Morgan fingerprint density at radius 1 is 0.750 bits per heavy atom. The van der Waals surface area contributed by atoms with Crippen LogP contribution in [0.25, 0.3) is 0 Å². The minimum absolute atomic E-state index is 0.201. The van der Waals surface area contributed by atoms with Crippen LogP contribution in [-0.4, -0.2) is 53.7 Å². The summed E-state index contributed by atoms with van der Waals surface area (Å²) >= 11 is 0. The first-order valence-corrected chi connectivity index (χ1v) is 15.5. The number of amides is 3. The number of carboxylic acids is 1. The third-order valence-corrected chi connectivity index (χ3v) is 6.33. The van der Waals surface area contributed by atoms with Crippen LogP contribution >= 0.6 is 0 Å². The zero-order chi connectivity index (χ0) is 30.1. The standard InChI is InChI=1S/C31H57N3O6/c1-5-6-7-8-9-10-11-12-13-14-15-16-17-18-19-23-27(35)33-25-28(36)34-26(29(37)38)22-20-21-24-32-30(39)40-31(2,3)4/h12-13,26H,5-11,14-25H2,1-4H3,(H,32,39)(H,33,35)(H,34,36)(H,37,38)/t26-/m0/s1. The molecule has 0 saturated heterocycles. The predicted octanol–water partition coefficient (Wildman–Crippen LogP) is 6.40. The van der Waals surface area contributed by atoms with Gasteiger partial charge in [-0.15, -0.1) is 0 Å². The van der Waals surface area contributed by atoms with E-state index in [9.17, 15) is 24.3 Å². The first kappa shape index (κ1) is 37.4. The van der Waals surface area contributed by atoms with Crippen molar-refractivity contribution in [3.63, 3.8) is 0 Å². The fourth-order valence-electron chi connectivity index (χ4n) is 4.10. The molecule has 0 spiro atoms. The number of carbonyl (C=O) groups excluding carboxylic acids is 3. The van der Waals surface area contributed by atoms with Crippen molar-refractivity contribution in [3.05, 3.63) is 12.2 Å². The lowest BCUT2D eigenvalue weighted by Crippen LogP contribution is -2.45. The number of allylic oxidation sites excluding steroid dienone is 2. The van der Waals surface area contributed by atoms with Crippen molar-refractivity contribution in [1.82, 2.24) is 16.0 Å². The van der Waals surface area contributed by atoms with Crippen molar-refractivity contribution < 1.29 is 29.0 Å². The summed E-state index contributed by atoms with van der Waals surface area (Å²) in [5.74, 6) is -1.86. The SMILES string of the molecule is CCCCCCCCC=CCCCCCCCC(=O)NCC(=O)N[C@@H](CCCCNC(=O)OC(C)(C)C)C(=O)O. The van der Waals surface area contributed by atoms with Crippen LogP contribution in [0.5, 0.6) is 0 Å². The van der Waals surface area contributed by atoms with Crippen LogP contribution in [-0.2, 0) is 19.1 Å². The van der Waals surface area contributed by atoms with E-state index in [1.165, 1.54) is 51.4 Å². The van der Waals surface area contributed by atoms with Crippen LogP contribution < -0.4 is 16.0 Å². The third kappa shape index (κ3) is 25.7. The molecular weight excluding hydrogens is 510 g/mol. The van der Waals surface area contributed by atoms with E-state index in [4.69, 9.17) is 4.74 Å². The smallest absolute Gasteiger partial charge is 0.407 e. The van der Waals surface area contributed by atoms with Crippen molar-refractivity contribution in [1.29, 1.82) is 0 Å². The highest BCUT2D eigenvalue weighted by atomic mass is 16.6. The maximum atomic E-state index is 12.1. The molecule has 0 rings (SSSR count). The molecule has 3 amide bonds. The number of alkyl carbamates (subject to hydrolysis) is 1. The Balaban J connectivity index is 3.79. The van der Waals surface area contributed by atoms with Gasteiger partial charge in [-0.3, -0.25) is 9.59 Å². The summed E-state index contributed by atoms with van der Waals surface area (Å²) in [6.45, 7) is 7.67. The van der Waals surface area contributed by atoms with Crippen molar-refractivity contribution in [2.75, 3.05) is 13.1 Å². The number of aliphatic carboxylic acids is 1. The predicted molar refractivity (Wildman–Crippen MR) is 160 cm³/mol. The van der Waals surface area contributed by atoms with Gasteiger partial charge in [-0.1, -0.05) is 70.4 Å². The molecule has 0 fully saturated rings. The Morgan fingerprint density at radius 2 is 1.32 bits per heavy atom. The van der Waals surface area contributed by atoms with Gasteiger partial charge in [-0.25, -0.2) is 9.59 Å². The first-order valence-electron chi connectivity index (χ1n) is 15.5. The van der Waals surface area contributed by atoms with E-state index < -0.39 is 29.6 Å². The highest BCUT2D eigenvalue weighted by Crippen LogP contribution is 2.10. The molecule has 9 heteroatoms. The lowest BCUT2D eigenvalue weighted by atomic mass is 10.1. The van der Waals surface area contributed by atoms with Gasteiger partial charge in [0.25, 0.3) is 0 Å². The van der Waals surface area contributed by atoms with Gasteiger partial charge in [0.1, 0.15) is 11.6 Å². The van der Waals surface area contributed by atoms with Gasteiger partial charge in [0.05, 0.1) is 6.54 Å². The average Bonchev–Trinajstić information content (AvgIpc) is 2.87. The van der Waals surface area contributed by atoms with Crippen LogP contribution in [0.2, 0.25) is 0 Å². The second kappa shape index (κ2) is 24.2. The molecule has 0 radical (unpaired) electrons. The van der Waals surface area contributed by atoms with E-state index in [0.717, 1.165) is 32.1 Å². The van der Waals surface area contributed by atoms with Crippen molar-refractivity contribution in [3.8, 4) is 0 Å². The number of unbranched alkanes of at least 4 members (excludes halogenated alkanes) is 12. The Bertz CT molecular complexity index is 733. The van der Waals surface area contributed by atoms with Gasteiger partial charge in [0, 0.05) is 13.0 Å². The lowest BCUT2D eigenvalue weighted by molar-refractivity contribution is -0.142. The van der Waals surface area contributed by atoms with E-state index in [0.29, 0.717) is 25.8 Å². The van der Waals surface area contributed by atoms with E-state index in [2.05, 4.69) is 35.0 Å². The molecule has 4 N–H and O–H groups in total. The Kier molecular flexibility index (Phi) is 22.7. The zero-order valence-electron chi connectivity index (χ0n) is 25.7. The van der Waals surface area contributed by atoms with Crippen LogP contribution in [0.4, 0.5) is 4.79 Å². The van der Waals surface area contributed by atoms with Crippen molar-refractivity contribution in [2.45, 2.75) is 148 Å². The molecular formula is C31H57N3O6. The minimum Gasteiger partial charge on any atom is -0.480 e. The quantitative estimate of drug-likeness (QED) is 0.0787. The number of hydrogen-bond acceptors (Lipinski definition) is 5. The maximum absolute atomic E-state index is 12.1. The molecule has 0 aromatic heterocycles. The number of carbonyl (C=O) groups is 4. The van der Waals surface area contributed by atoms with Crippen LogP contribution in [0.3, 0.4) is 0 Å². The van der Waals surface area contributed by atoms with Crippen molar-refractivity contribution >= 4 is 23.9 Å². The highest BCUT2D eigenvalue weighted by molar-refractivity contribution is 5.87. The molecule has 0 aliphatic heterocycles. The van der Waals surface area contributed by atoms with Crippen LogP contribution in [0.1, 0.15) is 137 Å². The Morgan fingerprint density at radius 3 is 1.90 bits per heavy atom. The largest absolute Gasteiger partial charge is 0.480 e. The summed E-state index contributed by atoms with van der Waals surface area (Å²) in [6, 6.07) is -1.05. The molecule has 40 heavy (non-hydrogen) atoms. The summed E-state index contributed by atoms with van der Waals surface area (Å²) in [5.41, 5.74) is -0.581. The molecule has 232 valence electrons. The number of hydrogen-bond donors (Lipinski definition) is 4. The minimum atomic E-state index is -1.13. The zero-order valence-corrected chi connectivity index (χ0v) is 25.7. The number of carboxylic acid groups (broad SMARTS) is 1. The van der Waals surface area contributed by atoms with E-state index in [1.54, 1.807) is 20.8 Å². The molecule has 1 atom stereocenters. The molecule has 0 aromatic carbocycles. The van der Waals surface area contributed by atoms with Crippen molar-refractivity contribution in [2.24, 2.45) is 0 Å². The molecule has 0 bridgehead atoms. The molecule has 9 nitrogen and oxygen atoms in total. The summed E-state index contributed by atoms with van der Waals surface area (Å²) in [5, 5.41) is 17.0. The van der Waals surface area contributed by atoms with E-state index in [-0.39, 0.29) is 18.9 Å². The van der Waals surface area contributed by atoms with Gasteiger partial charge < -0.3 is 25.8 Å². The second-order valence-electron chi connectivity index (χ2n) is 11.5. The number of rotatable bonds is 24. The van der Waals surface area contributed by atoms with E-state index >= 15 is 0 Å². The molecule has 0 aliphatic rings. The molecule has 0 heterocycles. The van der Waals surface area contributed by atoms with Crippen LogP contribution in [0, 0.1) is 0 Å². The highest BCUT2D eigenvalue weighted by Gasteiger charge is 2.20. The summed E-state index contributed by atoms with van der Waals surface area (Å²) in [6.07, 6.45) is 21.2. The molecule has 0 aromatic rings. The van der Waals surface area contributed by atoms with Gasteiger partial charge in [0.15, 0.2) is 0 Å². The monoisotopic (exact) mass is 567 g/mol. The van der Waals surface area contributed by atoms with Gasteiger partial charge in [0.2, 0.25) is 11.8 Å². The number of ether oxygens (including phenoxy) is 1. The fourth-order valence-corrected chi connectivity index (χ4v) is 4.10. The topological polar surface area (TPSA) is 134 Å². The second-order valence-corrected chi connectivity index (χ2v) is 11.5. The fraction of sp³-hybridized carbons (Fsp3) is 0.806. The number of nitrogens with one attached hydrogen (secondary N) is 3. The summed E-state index contributed by atoms with van der Waals surface area (Å²) < 4.78 is 5.14. The van der Waals surface area contributed by atoms with Gasteiger partial charge >= 0.3 is 12.1 Å². The normalized spacial score (nSPS) is 12.2. The maximum Gasteiger partial charge on any atom is 0.407 e.